The number of rotatable bonds is 11. The van der Waals surface area contributed by atoms with Crippen LogP contribution in [0.1, 0.15) is 51.0 Å². The summed E-state index contributed by atoms with van der Waals surface area (Å²) >= 11 is 6.21. The number of nitrogens with zero attached hydrogens (tertiary/aromatic N) is 2. The quantitative estimate of drug-likeness (QED) is 0.296. The molecule has 0 spiro atoms. The van der Waals surface area contributed by atoms with Crippen LogP contribution in [0.2, 0.25) is 5.02 Å². The molecule has 218 valence electrons. The molecule has 0 bridgehead atoms. The molecule has 1 fully saturated rings. The normalized spacial score (nSPS) is 14.7. The summed E-state index contributed by atoms with van der Waals surface area (Å²) in [7, 11) is -4.18. The van der Waals surface area contributed by atoms with E-state index < -0.39 is 34.3 Å². The smallest absolute Gasteiger partial charge is 0.264 e. The first-order valence-corrected chi connectivity index (χ1v) is 15.7. The molecule has 0 heterocycles. The van der Waals surface area contributed by atoms with E-state index in [1.165, 1.54) is 35.2 Å². The first-order valence-electron chi connectivity index (χ1n) is 13.9. The van der Waals surface area contributed by atoms with Gasteiger partial charge in [0, 0.05) is 17.6 Å². The topological polar surface area (TPSA) is 86.8 Å². The number of anilines is 1. The molecule has 1 aliphatic rings. The third kappa shape index (κ3) is 7.86. The summed E-state index contributed by atoms with van der Waals surface area (Å²) in [5.41, 5.74) is 0.833. The Kier molecular flexibility index (Phi) is 10.4. The molecule has 0 aromatic heterocycles. The zero-order chi connectivity index (χ0) is 29.4. The maximum atomic E-state index is 14.1. The van der Waals surface area contributed by atoms with E-state index in [-0.39, 0.29) is 29.1 Å². The molecule has 1 N–H and O–H groups in total. The van der Waals surface area contributed by atoms with Crippen LogP contribution in [0.15, 0.2) is 83.8 Å². The third-order valence-corrected chi connectivity index (χ3v) is 9.33. The monoisotopic (exact) mass is 599 g/mol. The number of hydrogen-bond acceptors (Lipinski definition) is 4. The number of carbonyl (C=O) groups excluding carboxylic acids is 2. The number of halogens is 2. The van der Waals surface area contributed by atoms with E-state index >= 15 is 0 Å². The average Bonchev–Trinajstić information content (AvgIpc) is 2.97. The van der Waals surface area contributed by atoms with Gasteiger partial charge in [0.25, 0.3) is 10.0 Å². The molecule has 2 amide bonds. The summed E-state index contributed by atoms with van der Waals surface area (Å²) in [4.78, 5) is 29.0. The van der Waals surface area contributed by atoms with Crippen molar-refractivity contribution in [3.63, 3.8) is 0 Å². The Bertz CT molecular complexity index is 1430. The van der Waals surface area contributed by atoms with Crippen LogP contribution in [-0.2, 0) is 26.2 Å². The minimum Gasteiger partial charge on any atom is -0.352 e. The fourth-order valence-corrected chi connectivity index (χ4v) is 6.74. The van der Waals surface area contributed by atoms with Gasteiger partial charge in [-0.1, -0.05) is 74.2 Å². The molecule has 0 unspecified atom stereocenters. The van der Waals surface area contributed by atoms with Gasteiger partial charge >= 0.3 is 0 Å². The van der Waals surface area contributed by atoms with Gasteiger partial charge in [0.05, 0.1) is 10.6 Å². The van der Waals surface area contributed by atoms with Crippen molar-refractivity contribution < 1.29 is 22.4 Å². The lowest BCUT2D eigenvalue weighted by Gasteiger charge is -2.34. The molecule has 0 aliphatic heterocycles. The minimum absolute atomic E-state index is 0.00444. The lowest BCUT2D eigenvalue weighted by atomic mass is 9.95. The Labute approximate surface area is 246 Å². The van der Waals surface area contributed by atoms with Crippen molar-refractivity contribution in [1.82, 2.24) is 10.2 Å². The Morgan fingerprint density at radius 3 is 2.29 bits per heavy atom. The van der Waals surface area contributed by atoms with Crippen molar-refractivity contribution in [3.8, 4) is 0 Å². The van der Waals surface area contributed by atoms with Gasteiger partial charge in [0.1, 0.15) is 18.4 Å². The second kappa shape index (κ2) is 14.0. The fraction of sp³-hybridized carbons (Fsp3) is 0.355. The lowest BCUT2D eigenvalue weighted by molar-refractivity contribution is -0.140. The molecule has 3 aromatic carbocycles. The Morgan fingerprint density at radius 2 is 1.66 bits per heavy atom. The SMILES string of the molecule is CC[C@H](C(=O)NC1CCCCC1)N(Cc1ccc(F)cc1)C(=O)CN(c1cccc(Cl)c1)S(=O)(=O)c1ccccc1. The highest BCUT2D eigenvalue weighted by Crippen LogP contribution is 2.27. The summed E-state index contributed by atoms with van der Waals surface area (Å²) in [6.07, 6.45) is 5.28. The van der Waals surface area contributed by atoms with Crippen molar-refractivity contribution in [2.24, 2.45) is 0 Å². The maximum absolute atomic E-state index is 14.1. The van der Waals surface area contributed by atoms with Gasteiger partial charge in [-0.2, -0.15) is 0 Å². The van der Waals surface area contributed by atoms with Crippen LogP contribution in [0.5, 0.6) is 0 Å². The van der Waals surface area contributed by atoms with Crippen LogP contribution in [0.25, 0.3) is 0 Å². The number of hydrogen-bond donors (Lipinski definition) is 1. The van der Waals surface area contributed by atoms with Gasteiger partial charge < -0.3 is 10.2 Å². The van der Waals surface area contributed by atoms with Gasteiger partial charge in [-0.3, -0.25) is 13.9 Å². The number of nitrogens with one attached hydrogen (secondary N) is 1. The minimum atomic E-state index is -4.18. The standard InChI is InChI=1S/C31H35ClFN3O4S/c1-2-29(31(38)34-26-11-5-3-6-12-26)35(21-23-16-18-25(33)19-17-23)30(37)22-36(27-13-9-10-24(32)20-27)41(39,40)28-14-7-4-8-15-28/h4,7-10,13-20,26,29H,2-3,5-6,11-12,21-22H2,1H3,(H,34,38)/t29-/m1/s1. The number of sulfonamides is 1. The molecular formula is C31H35ClFN3O4S. The number of carbonyl (C=O) groups is 2. The van der Waals surface area contributed by atoms with Gasteiger partial charge in [0.15, 0.2) is 0 Å². The Balaban J connectivity index is 1.69. The zero-order valence-corrected chi connectivity index (χ0v) is 24.6. The van der Waals surface area contributed by atoms with Gasteiger partial charge in [-0.25, -0.2) is 12.8 Å². The molecule has 4 rings (SSSR count). The Hall–Kier alpha value is -3.43. The van der Waals surface area contributed by atoms with E-state index in [0.29, 0.717) is 17.0 Å². The molecule has 10 heteroatoms. The molecule has 3 aromatic rings. The summed E-state index contributed by atoms with van der Waals surface area (Å²) in [6, 6.07) is 19.0. The van der Waals surface area contributed by atoms with Crippen molar-refractivity contribution in [1.29, 1.82) is 0 Å². The zero-order valence-electron chi connectivity index (χ0n) is 23.0. The first kappa shape index (κ1) is 30.5. The second-order valence-electron chi connectivity index (χ2n) is 10.2. The van der Waals surface area contributed by atoms with Gasteiger partial charge in [-0.05, 0) is 67.3 Å². The lowest BCUT2D eigenvalue weighted by Crippen LogP contribution is -2.54. The van der Waals surface area contributed by atoms with Crippen LogP contribution < -0.4 is 9.62 Å². The van der Waals surface area contributed by atoms with E-state index in [1.54, 1.807) is 48.5 Å². The fourth-order valence-electron chi connectivity index (χ4n) is 5.13. The van der Waals surface area contributed by atoms with Crippen molar-refractivity contribution in [3.05, 3.63) is 95.3 Å². The molecule has 0 saturated heterocycles. The second-order valence-corrected chi connectivity index (χ2v) is 12.5. The number of amides is 2. The molecule has 1 saturated carbocycles. The van der Waals surface area contributed by atoms with Crippen LogP contribution in [-0.4, -0.2) is 43.8 Å². The van der Waals surface area contributed by atoms with Crippen LogP contribution in [0, 0.1) is 5.82 Å². The predicted molar refractivity (Wildman–Crippen MR) is 158 cm³/mol. The van der Waals surface area contributed by atoms with Crippen molar-refractivity contribution >= 4 is 39.1 Å². The highest BCUT2D eigenvalue weighted by molar-refractivity contribution is 7.92. The maximum Gasteiger partial charge on any atom is 0.264 e. The molecule has 0 radical (unpaired) electrons. The number of benzene rings is 3. The van der Waals surface area contributed by atoms with Crippen LogP contribution >= 0.6 is 11.6 Å². The van der Waals surface area contributed by atoms with E-state index in [9.17, 15) is 22.4 Å². The van der Waals surface area contributed by atoms with Crippen molar-refractivity contribution in [2.75, 3.05) is 10.8 Å². The summed E-state index contributed by atoms with van der Waals surface area (Å²) in [6.45, 7) is 1.25. The van der Waals surface area contributed by atoms with E-state index in [2.05, 4.69) is 5.32 Å². The largest absolute Gasteiger partial charge is 0.352 e. The highest BCUT2D eigenvalue weighted by atomic mass is 35.5. The Morgan fingerprint density at radius 1 is 0.976 bits per heavy atom. The predicted octanol–water partition coefficient (Wildman–Crippen LogP) is 5.93. The summed E-state index contributed by atoms with van der Waals surface area (Å²) in [5, 5.41) is 3.42. The average molecular weight is 600 g/mol. The highest BCUT2D eigenvalue weighted by Gasteiger charge is 2.34. The molecule has 41 heavy (non-hydrogen) atoms. The van der Waals surface area contributed by atoms with Gasteiger partial charge in [-0.15, -0.1) is 0 Å². The molecule has 1 atom stereocenters. The van der Waals surface area contributed by atoms with E-state index in [4.69, 9.17) is 11.6 Å². The van der Waals surface area contributed by atoms with E-state index in [1.807, 2.05) is 6.92 Å². The molecular weight excluding hydrogens is 565 g/mol. The van der Waals surface area contributed by atoms with Crippen LogP contribution in [0.3, 0.4) is 0 Å². The molecule has 1 aliphatic carbocycles. The molecule has 7 nitrogen and oxygen atoms in total. The van der Waals surface area contributed by atoms with E-state index in [0.717, 1.165) is 36.4 Å². The van der Waals surface area contributed by atoms with Crippen LogP contribution in [0.4, 0.5) is 10.1 Å². The first-order chi connectivity index (χ1) is 19.7. The third-order valence-electron chi connectivity index (χ3n) is 7.31. The van der Waals surface area contributed by atoms with Gasteiger partial charge in [0.2, 0.25) is 11.8 Å². The summed E-state index contributed by atoms with van der Waals surface area (Å²) < 4.78 is 42.3. The van der Waals surface area contributed by atoms with Crippen molar-refractivity contribution in [2.45, 2.75) is 69.0 Å². The summed E-state index contributed by atoms with van der Waals surface area (Å²) in [5.74, 6) is -1.27.